The van der Waals surface area contributed by atoms with E-state index in [0.717, 1.165) is 31.7 Å². The van der Waals surface area contributed by atoms with Crippen LogP contribution in [-0.2, 0) is 4.74 Å². The van der Waals surface area contributed by atoms with Gasteiger partial charge in [-0.1, -0.05) is 20.8 Å². The van der Waals surface area contributed by atoms with Crippen LogP contribution in [0.25, 0.3) is 0 Å². The molecule has 1 rings (SSSR count). The Balaban J connectivity index is 2.41. The molecule has 1 fully saturated rings. The van der Waals surface area contributed by atoms with Crippen LogP contribution in [-0.4, -0.2) is 50.3 Å². The van der Waals surface area contributed by atoms with Gasteiger partial charge in [0.1, 0.15) is 0 Å². The van der Waals surface area contributed by atoms with Crippen LogP contribution < -0.4 is 5.32 Å². The third-order valence-electron chi connectivity index (χ3n) is 3.69. The van der Waals surface area contributed by atoms with Crippen molar-refractivity contribution < 1.29 is 4.74 Å². The Labute approximate surface area is 107 Å². The molecule has 0 spiro atoms. The number of nitrogens with zero attached hydrogens (tertiary/aromatic N) is 1. The van der Waals surface area contributed by atoms with Crippen LogP contribution >= 0.6 is 0 Å². The molecule has 0 aromatic rings. The van der Waals surface area contributed by atoms with Gasteiger partial charge in [-0.3, -0.25) is 4.90 Å². The Bertz CT molecular complexity index is 197. The van der Waals surface area contributed by atoms with Gasteiger partial charge in [0.05, 0.1) is 6.61 Å². The van der Waals surface area contributed by atoms with E-state index in [0.29, 0.717) is 6.04 Å². The fraction of sp³-hybridized carbons (Fsp3) is 1.00. The summed E-state index contributed by atoms with van der Waals surface area (Å²) in [6.45, 7) is 11.2. The Hall–Kier alpha value is -0.120. The second kappa shape index (κ2) is 8.06. The van der Waals surface area contributed by atoms with Crippen LogP contribution in [0.4, 0.5) is 0 Å². The molecule has 2 unspecified atom stereocenters. The molecule has 102 valence electrons. The van der Waals surface area contributed by atoms with Gasteiger partial charge in [-0.25, -0.2) is 0 Å². The normalized spacial score (nSPS) is 23.5. The van der Waals surface area contributed by atoms with Gasteiger partial charge in [-0.05, 0) is 38.3 Å². The zero-order chi connectivity index (χ0) is 12.7. The molecule has 2 atom stereocenters. The molecule has 0 aliphatic carbocycles. The van der Waals surface area contributed by atoms with Crippen LogP contribution in [0.3, 0.4) is 0 Å². The number of ether oxygens (including phenoxy) is 1. The molecule has 0 bridgehead atoms. The fourth-order valence-electron chi connectivity index (χ4n) is 2.84. The third kappa shape index (κ3) is 4.94. The predicted molar refractivity (Wildman–Crippen MR) is 73.4 cm³/mol. The highest BCUT2D eigenvalue weighted by atomic mass is 16.5. The van der Waals surface area contributed by atoms with Gasteiger partial charge in [-0.2, -0.15) is 0 Å². The molecule has 1 heterocycles. The number of likely N-dealkylation sites (tertiary alicyclic amines) is 1. The lowest BCUT2D eigenvalue weighted by molar-refractivity contribution is 0.123. The van der Waals surface area contributed by atoms with Crippen molar-refractivity contribution in [3.8, 4) is 0 Å². The summed E-state index contributed by atoms with van der Waals surface area (Å²) in [5.41, 5.74) is 0. The Morgan fingerprint density at radius 2 is 2.18 bits per heavy atom. The number of hydrogen-bond acceptors (Lipinski definition) is 3. The minimum absolute atomic E-state index is 0.485. The van der Waals surface area contributed by atoms with E-state index in [1.807, 2.05) is 0 Å². The van der Waals surface area contributed by atoms with Crippen LogP contribution in [0.5, 0.6) is 0 Å². The van der Waals surface area contributed by atoms with Gasteiger partial charge >= 0.3 is 0 Å². The highest BCUT2D eigenvalue weighted by molar-refractivity contribution is 4.84. The quantitative estimate of drug-likeness (QED) is 0.705. The van der Waals surface area contributed by atoms with Gasteiger partial charge in [0, 0.05) is 25.7 Å². The Morgan fingerprint density at radius 1 is 1.41 bits per heavy atom. The predicted octanol–water partition coefficient (Wildman–Crippen LogP) is 2.12. The van der Waals surface area contributed by atoms with E-state index in [1.165, 1.54) is 25.8 Å². The number of nitrogens with one attached hydrogen (secondary N) is 1. The SMILES string of the molecule is CCCNC(COC)CN1CCCC1C(C)C. The average molecular weight is 242 g/mol. The molecule has 17 heavy (non-hydrogen) atoms. The Kier molecular flexibility index (Phi) is 7.09. The first-order valence-corrected chi connectivity index (χ1v) is 7.15. The first kappa shape index (κ1) is 14.9. The second-order valence-electron chi connectivity index (χ2n) is 5.55. The maximum atomic E-state index is 5.32. The van der Waals surface area contributed by atoms with Gasteiger partial charge in [0.25, 0.3) is 0 Å². The van der Waals surface area contributed by atoms with Crippen molar-refractivity contribution in [1.82, 2.24) is 10.2 Å². The van der Waals surface area contributed by atoms with Gasteiger partial charge in [-0.15, -0.1) is 0 Å². The summed E-state index contributed by atoms with van der Waals surface area (Å²) in [5, 5.41) is 3.59. The van der Waals surface area contributed by atoms with Crippen molar-refractivity contribution in [2.45, 2.75) is 52.1 Å². The van der Waals surface area contributed by atoms with Crippen molar-refractivity contribution in [3.05, 3.63) is 0 Å². The molecule has 1 aliphatic rings. The number of methoxy groups -OCH3 is 1. The molecule has 3 heteroatoms. The molecule has 0 aromatic heterocycles. The van der Waals surface area contributed by atoms with E-state index < -0.39 is 0 Å². The lowest BCUT2D eigenvalue weighted by atomic mass is 10.0. The molecular formula is C14H30N2O. The summed E-state index contributed by atoms with van der Waals surface area (Å²) < 4.78 is 5.32. The zero-order valence-electron chi connectivity index (χ0n) is 12.0. The van der Waals surface area contributed by atoms with Crippen molar-refractivity contribution in [3.63, 3.8) is 0 Å². The lowest BCUT2D eigenvalue weighted by Gasteiger charge is -2.31. The van der Waals surface area contributed by atoms with E-state index in [9.17, 15) is 0 Å². The average Bonchev–Trinajstić information content (AvgIpc) is 2.74. The topological polar surface area (TPSA) is 24.5 Å². The van der Waals surface area contributed by atoms with Crippen molar-refractivity contribution in [2.24, 2.45) is 5.92 Å². The second-order valence-corrected chi connectivity index (χ2v) is 5.55. The molecule has 1 N–H and O–H groups in total. The van der Waals surface area contributed by atoms with E-state index in [4.69, 9.17) is 4.74 Å². The van der Waals surface area contributed by atoms with Crippen LogP contribution in [0.2, 0.25) is 0 Å². The zero-order valence-corrected chi connectivity index (χ0v) is 12.0. The van der Waals surface area contributed by atoms with Crippen LogP contribution in [0.1, 0.15) is 40.0 Å². The summed E-state index contributed by atoms with van der Waals surface area (Å²) in [5.74, 6) is 0.770. The molecular weight excluding hydrogens is 212 g/mol. The van der Waals surface area contributed by atoms with E-state index in [1.54, 1.807) is 7.11 Å². The minimum Gasteiger partial charge on any atom is -0.383 e. The minimum atomic E-state index is 0.485. The standard InChI is InChI=1S/C14H30N2O/c1-5-8-15-13(11-17-4)10-16-9-6-7-14(16)12(2)3/h12-15H,5-11H2,1-4H3. The smallest absolute Gasteiger partial charge is 0.0628 e. The summed E-state index contributed by atoms with van der Waals surface area (Å²) in [7, 11) is 1.80. The largest absolute Gasteiger partial charge is 0.383 e. The van der Waals surface area contributed by atoms with Crippen molar-refractivity contribution in [2.75, 3.05) is 33.4 Å². The fourth-order valence-corrected chi connectivity index (χ4v) is 2.84. The highest BCUT2D eigenvalue weighted by Crippen LogP contribution is 2.23. The summed E-state index contributed by atoms with van der Waals surface area (Å²) in [6.07, 6.45) is 3.91. The van der Waals surface area contributed by atoms with E-state index in [-0.39, 0.29) is 0 Å². The monoisotopic (exact) mass is 242 g/mol. The van der Waals surface area contributed by atoms with Gasteiger partial charge in [0.2, 0.25) is 0 Å². The first-order chi connectivity index (χ1) is 8.19. The maximum absolute atomic E-state index is 5.32. The molecule has 0 saturated carbocycles. The van der Waals surface area contributed by atoms with E-state index in [2.05, 4.69) is 31.0 Å². The summed E-state index contributed by atoms with van der Waals surface area (Å²) in [6, 6.07) is 1.26. The van der Waals surface area contributed by atoms with Crippen LogP contribution in [0.15, 0.2) is 0 Å². The molecule has 0 radical (unpaired) electrons. The first-order valence-electron chi connectivity index (χ1n) is 7.15. The van der Waals surface area contributed by atoms with Crippen molar-refractivity contribution in [1.29, 1.82) is 0 Å². The molecule has 0 amide bonds. The molecule has 0 aromatic carbocycles. The van der Waals surface area contributed by atoms with Crippen LogP contribution in [0, 0.1) is 5.92 Å². The molecule has 3 nitrogen and oxygen atoms in total. The maximum Gasteiger partial charge on any atom is 0.0628 e. The number of rotatable bonds is 8. The molecule has 1 aliphatic heterocycles. The highest BCUT2D eigenvalue weighted by Gasteiger charge is 2.28. The summed E-state index contributed by atoms with van der Waals surface area (Å²) in [4.78, 5) is 2.65. The Morgan fingerprint density at radius 3 is 2.76 bits per heavy atom. The van der Waals surface area contributed by atoms with E-state index >= 15 is 0 Å². The van der Waals surface area contributed by atoms with Gasteiger partial charge < -0.3 is 10.1 Å². The van der Waals surface area contributed by atoms with Crippen molar-refractivity contribution >= 4 is 0 Å². The number of hydrogen-bond donors (Lipinski definition) is 1. The third-order valence-corrected chi connectivity index (χ3v) is 3.69. The summed E-state index contributed by atoms with van der Waals surface area (Å²) >= 11 is 0. The van der Waals surface area contributed by atoms with Gasteiger partial charge in [0.15, 0.2) is 0 Å². The molecule has 1 saturated heterocycles. The lowest BCUT2D eigenvalue weighted by Crippen LogP contribution is -2.46.